The molecule has 0 unspecified atom stereocenters. The number of amides is 3. The SMILES string of the molecule is O=C(CN1C(=O)S/C(=C\c2cccc(F)c2)C1=O)N[C@@H]1C=CS(=O)(=O)C1. The van der Waals surface area contributed by atoms with Gasteiger partial charge in [0.15, 0.2) is 9.84 Å². The highest BCUT2D eigenvalue weighted by Gasteiger charge is 2.36. The second-order valence-electron chi connectivity index (χ2n) is 5.65. The highest BCUT2D eigenvalue weighted by Crippen LogP contribution is 2.32. The first-order valence-electron chi connectivity index (χ1n) is 7.45. The Balaban J connectivity index is 1.66. The minimum absolute atomic E-state index is 0.0803. The molecule has 2 aliphatic heterocycles. The van der Waals surface area contributed by atoms with Gasteiger partial charge in [-0.05, 0) is 41.6 Å². The van der Waals surface area contributed by atoms with Crippen LogP contribution in [0.3, 0.4) is 0 Å². The molecule has 10 heteroatoms. The molecule has 1 aromatic carbocycles. The lowest BCUT2D eigenvalue weighted by Gasteiger charge is -2.14. The predicted octanol–water partition coefficient (Wildman–Crippen LogP) is 1.29. The van der Waals surface area contributed by atoms with Gasteiger partial charge in [-0.3, -0.25) is 19.3 Å². The third kappa shape index (κ3) is 4.20. The third-order valence-electron chi connectivity index (χ3n) is 3.60. The highest BCUT2D eigenvalue weighted by atomic mass is 32.2. The van der Waals surface area contributed by atoms with Crippen molar-refractivity contribution in [1.82, 2.24) is 10.2 Å². The minimum atomic E-state index is -3.32. The van der Waals surface area contributed by atoms with E-state index in [1.165, 1.54) is 30.4 Å². The van der Waals surface area contributed by atoms with Crippen molar-refractivity contribution in [2.75, 3.05) is 12.3 Å². The van der Waals surface area contributed by atoms with Gasteiger partial charge in [0, 0.05) is 5.41 Å². The van der Waals surface area contributed by atoms with Gasteiger partial charge in [-0.1, -0.05) is 12.1 Å². The molecular weight excluding hydrogens is 383 g/mol. The van der Waals surface area contributed by atoms with Crippen LogP contribution in [0.5, 0.6) is 0 Å². The van der Waals surface area contributed by atoms with Crippen LogP contribution in [0.25, 0.3) is 6.08 Å². The maximum absolute atomic E-state index is 13.2. The van der Waals surface area contributed by atoms with Crippen LogP contribution in [-0.4, -0.2) is 48.7 Å². The van der Waals surface area contributed by atoms with Crippen LogP contribution in [-0.2, 0) is 19.4 Å². The van der Waals surface area contributed by atoms with E-state index >= 15 is 0 Å². The van der Waals surface area contributed by atoms with Crippen LogP contribution in [0.4, 0.5) is 9.18 Å². The molecule has 7 nitrogen and oxygen atoms in total. The van der Waals surface area contributed by atoms with Gasteiger partial charge >= 0.3 is 0 Å². The number of nitrogens with zero attached hydrogens (tertiary/aromatic N) is 1. The van der Waals surface area contributed by atoms with Crippen LogP contribution >= 0.6 is 11.8 Å². The lowest BCUT2D eigenvalue weighted by atomic mass is 10.2. The fourth-order valence-corrected chi connectivity index (χ4v) is 4.52. The summed E-state index contributed by atoms with van der Waals surface area (Å²) in [5.41, 5.74) is 0.418. The number of halogens is 1. The van der Waals surface area contributed by atoms with E-state index in [-0.39, 0.29) is 10.7 Å². The lowest BCUT2D eigenvalue weighted by Crippen LogP contribution is -2.43. The lowest BCUT2D eigenvalue weighted by molar-refractivity contribution is -0.129. The number of nitrogens with one attached hydrogen (secondary N) is 1. The van der Waals surface area contributed by atoms with Gasteiger partial charge in [0.05, 0.1) is 16.7 Å². The largest absolute Gasteiger partial charge is 0.347 e. The van der Waals surface area contributed by atoms with E-state index in [0.717, 1.165) is 10.3 Å². The van der Waals surface area contributed by atoms with E-state index < -0.39 is 45.3 Å². The molecular formula is C16H13FN2O5S2. The van der Waals surface area contributed by atoms with Crippen LogP contribution in [0.1, 0.15) is 5.56 Å². The fraction of sp³-hybridized carbons (Fsp3) is 0.188. The topological polar surface area (TPSA) is 101 Å². The van der Waals surface area contributed by atoms with Gasteiger partial charge in [0.25, 0.3) is 11.1 Å². The van der Waals surface area contributed by atoms with Crippen molar-refractivity contribution < 1.29 is 27.2 Å². The van der Waals surface area contributed by atoms with E-state index in [0.29, 0.717) is 17.3 Å². The van der Waals surface area contributed by atoms with Crippen molar-refractivity contribution in [2.45, 2.75) is 6.04 Å². The summed E-state index contributed by atoms with van der Waals surface area (Å²) in [6.07, 6.45) is 2.71. The quantitative estimate of drug-likeness (QED) is 0.770. The molecule has 1 fully saturated rings. The van der Waals surface area contributed by atoms with Gasteiger partial charge in [0.2, 0.25) is 5.91 Å². The Kier molecular flexibility index (Phi) is 4.97. The molecule has 26 heavy (non-hydrogen) atoms. The maximum Gasteiger partial charge on any atom is 0.294 e. The Morgan fingerprint density at radius 3 is 2.81 bits per heavy atom. The Labute approximate surface area is 152 Å². The zero-order chi connectivity index (χ0) is 18.9. The van der Waals surface area contributed by atoms with Gasteiger partial charge in [-0.15, -0.1) is 0 Å². The molecule has 1 aromatic rings. The third-order valence-corrected chi connectivity index (χ3v) is 5.90. The Morgan fingerprint density at radius 1 is 1.38 bits per heavy atom. The molecule has 0 radical (unpaired) electrons. The molecule has 3 rings (SSSR count). The van der Waals surface area contributed by atoms with E-state index in [2.05, 4.69) is 5.32 Å². The van der Waals surface area contributed by atoms with E-state index in [1.54, 1.807) is 6.07 Å². The second-order valence-corrected chi connectivity index (χ2v) is 8.58. The predicted molar refractivity (Wildman–Crippen MR) is 93.9 cm³/mol. The Hall–Kier alpha value is -2.46. The Bertz CT molecular complexity index is 955. The molecule has 2 heterocycles. The number of rotatable bonds is 4. The molecule has 0 aliphatic carbocycles. The van der Waals surface area contributed by atoms with E-state index in [9.17, 15) is 27.2 Å². The zero-order valence-corrected chi connectivity index (χ0v) is 14.8. The molecule has 0 bridgehead atoms. The number of benzene rings is 1. The van der Waals surface area contributed by atoms with Crippen molar-refractivity contribution in [3.05, 3.63) is 52.0 Å². The molecule has 1 saturated heterocycles. The first kappa shape index (κ1) is 18.3. The molecule has 3 amide bonds. The van der Waals surface area contributed by atoms with E-state index in [1.807, 2.05) is 0 Å². The first-order valence-corrected chi connectivity index (χ1v) is 9.98. The number of carbonyl (C=O) groups excluding carboxylic acids is 3. The summed E-state index contributed by atoms with van der Waals surface area (Å²) in [4.78, 5) is 37.1. The summed E-state index contributed by atoms with van der Waals surface area (Å²) in [5, 5.41) is 2.84. The van der Waals surface area contributed by atoms with Crippen LogP contribution in [0, 0.1) is 5.82 Å². The second kappa shape index (κ2) is 7.04. The number of carbonyl (C=O) groups is 3. The number of thioether (sulfide) groups is 1. The number of hydrogen-bond acceptors (Lipinski definition) is 6. The smallest absolute Gasteiger partial charge is 0.294 e. The molecule has 1 atom stereocenters. The summed E-state index contributed by atoms with van der Waals surface area (Å²) in [7, 11) is -3.32. The summed E-state index contributed by atoms with van der Waals surface area (Å²) in [5.74, 6) is -2.03. The van der Waals surface area contributed by atoms with Gasteiger partial charge in [-0.2, -0.15) is 0 Å². The van der Waals surface area contributed by atoms with Gasteiger partial charge in [-0.25, -0.2) is 12.8 Å². The van der Waals surface area contributed by atoms with E-state index in [4.69, 9.17) is 0 Å². The standard InChI is InChI=1S/C16H13FN2O5S2/c17-11-3-1-2-10(6-11)7-13-15(21)19(16(22)25-13)8-14(20)18-12-4-5-26(23,24)9-12/h1-7,12H,8-9H2,(H,18,20)/b13-7-/t12-/m1/s1. The normalized spacial score (nSPS) is 23.0. The minimum Gasteiger partial charge on any atom is -0.347 e. The first-order chi connectivity index (χ1) is 12.2. The zero-order valence-electron chi connectivity index (χ0n) is 13.2. The monoisotopic (exact) mass is 396 g/mol. The molecule has 2 aliphatic rings. The van der Waals surface area contributed by atoms with Crippen LogP contribution in [0.15, 0.2) is 40.7 Å². The van der Waals surface area contributed by atoms with Crippen molar-refractivity contribution in [3.8, 4) is 0 Å². The van der Waals surface area contributed by atoms with Crippen LogP contribution in [0.2, 0.25) is 0 Å². The average Bonchev–Trinajstić information content (AvgIpc) is 3.01. The molecule has 1 N–H and O–H groups in total. The highest BCUT2D eigenvalue weighted by molar-refractivity contribution is 8.18. The van der Waals surface area contributed by atoms with Gasteiger partial charge in [0.1, 0.15) is 12.4 Å². The summed E-state index contributed by atoms with van der Waals surface area (Å²) in [6.45, 7) is -0.518. The van der Waals surface area contributed by atoms with Crippen molar-refractivity contribution in [3.63, 3.8) is 0 Å². The number of sulfone groups is 1. The van der Waals surface area contributed by atoms with Crippen molar-refractivity contribution >= 4 is 44.7 Å². The fourth-order valence-electron chi connectivity index (χ4n) is 2.45. The average molecular weight is 396 g/mol. The summed E-state index contributed by atoms with van der Waals surface area (Å²) in [6, 6.07) is 4.84. The van der Waals surface area contributed by atoms with Crippen molar-refractivity contribution in [2.24, 2.45) is 0 Å². The number of hydrogen-bond donors (Lipinski definition) is 1. The molecule has 136 valence electrons. The van der Waals surface area contributed by atoms with Gasteiger partial charge < -0.3 is 5.32 Å². The Morgan fingerprint density at radius 2 is 2.15 bits per heavy atom. The van der Waals surface area contributed by atoms with Crippen molar-refractivity contribution in [1.29, 1.82) is 0 Å². The summed E-state index contributed by atoms with van der Waals surface area (Å²) < 4.78 is 35.8. The molecule has 0 saturated carbocycles. The molecule has 0 aromatic heterocycles. The van der Waals surface area contributed by atoms with Crippen LogP contribution < -0.4 is 5.32 Å². The summed E-state index contributed by atoms with van der Waals surface area (Å²) >= 11 is 0.653. The maximum atomic E-state index is 13.2. The number of imide groups is 1. The molecule has 0 spiro atoms.